The summed E-state index contributed by atoms with van der Waals surface area (Å²) < 4.78 is 5.52. The maximum Gasteiger partial charge on any atom is 0.245 e. The third-order valence-corrected chi connectivity index (χ3v) is 3.67. The highest BCUT2D eigenvalue weighted by molar-refractivity contribution is 5.95. The lowest BCUT2D eigenvalue weighted by Crippen LogP contribution is -2.59. The fourth-order valence-corrected chi connectivity index (χ4v) is 2.26. The highest BCUT2D eigenvalue weighted by atomic mass is 16.5. The summed E-state index contributed by atoms with van der Waals surface area (Å²) in [4.78, 5) is 25.4. The minimum absolute atomic E-state index is 0.0429. The van der Waals surface area contributed by atoms with E-state index in [4.69, 9.17) is 4.74 Å². The van der Waals surface area contributed by atoms with Gasteiger partial charge < -0.3 is 15.0 Å². The summed E-state index contributed by atoms with van der Waals surface area (Å²) >= 11 is 0. The molecule has 5 heteroatoms. The third kappa shape index (κ3) is 4.20. The summed E-state index contributed by atoms with van der Waals surface area (Å²) in [6.45, 7) is 6.24. The number of amides is 2. The molecule has 2 fully saturated rings. The molecule has 19 heavy (non-hydrogen) atoms. The smallest absolute Gasteiger partial charge is 0.245 e. The molecule has 2 amide bonds. The van der Waals surface area contributed by atoms with E-state index in [-0.39, 0.29) is 24.4 Å². The summed E-state index contributed by atoms with van der Waals surface area (Å²) in [6, 6.07) is -0.281. The van der Waals surface area contributed by atoms with Crippen molar-refractivity contribution in [2.75, 3.05) is 26.3 Å². The predicted molar refractivity (Wildman–Crippen MR) is 71.5 cm³/mol. The Balaban J connectivity index is 1.72. The third-order valence-electron chi connectivity index (χ3n) is 3.67. The van der Waals surface area contributed by atoms with Crippen LogP contribution in [0.1, 0.15) is 33.1 Å². The lowest BCUT2D eigenvalue weighted by Gasteiger charge is -2.32. The number of nitrogens with one attached hydrogen (secondary N) is 1. The first-order chi connectivity index (χ1) is 9.08. The van der Waals surface area contributed by atoms with Gasteiger partial charge in [0, 0.05) is 13.2 Å². The highest BCUT2D eigenvalue weighted by Crippen LogP contribution is 2.34. The lowest BCUT2D eigenvalue weighted by molar-refractivity contribution is -0.145. The maximum absolute atomic E-state index is 12.2. The molecule has 1 aliphatic carbocycles. The van der Waals surface area contributed by atoms with E-state index in [1.807, 2.05) is 0 Å². The van der Waals surface area contributed by atoms with Crippen molar-refractivity contribution in [1.82, 2.24) is 10.2 Å². The number of carbonyl (C=O) groups excluding carboxylic acids is 2. The molecular weight excluding hydrogens is 244 g/mol. The molecule has 1 saturated heterocycles. The molecule has 1 N–H and O–H groups in total. The zero-order valence-corrected chi connectivity index (χ0v) is 11.9. The normalized spacial score (nSPS) is 23.9. The van der Waals surface area contributed by atoms with Gasteiger partial charge in [0.15, 0.2) is 0 Å². The van der Waals surface area contributed by atoms with Gasteiger partial charge in [0.05, 0.1) is 13.2 Å². The van der Waals surface area contributed by atoms with E-state index < -0.39 is 0 Å². The van der Waals surface area contributed by atoms with E-state index in [1.54, 1.807) is 4.90 Å². The van der Waals surface area contributed by atoms with Crippen LogP contribution in [-0.4, -0.2) is 49.1 Å². The quantitative estimate of drug-likeness (QED) is 0.694. The Bertz CT molecular complexity index is 340. The van der Waals surface area contributed by atoms with Gasteiger partial charge in [0.25, 0.3) is 0 Å². The number of nitrogens with zero attached hydrogens (tertiary/aromatic N) is 1. The predicted octanol–water partition coefficient (Wildman–Crippen LogP) is 0.786. The van der Waals surface area contributed by atoms with Gasteiger partial charge in [0.2, 0.25) is 11.8 Å². The van der Waals surface area contributed by atoms with Gasteiger partial charge in [0.1, 0.15) is 6.04 Å². The molecule has 0 bridgehead atoms. The second-order valence-corrected chi connectivity index (χ2v) is 5.94. The van der Waals surface area contributed by atoms with Crippen molar-refractivity contribution in [2.45, 2.75) is 39.2 Å². The van der Waals surface area contributed by atoms with Crippen LogP contribution in [0.2, 0.25) is 0 Å². The first-order valence-corrected chi connectivity index (χ1v) is 7.24. The molecule has 0 aromatic carbocycles. The Kier molecular flexibility index (Phi) is 4.80. The highest BCUT2D eigenvalue weighted by Gasteiger charge is 2.42. The van der Waals surface area contributed by atoms with Crippen LogP contribution < -0.4 is 5.32 Å². The molecular formula is C14H24N2O3. The van der Waals surface area contributed by atoms with Crippen molar-refractivity contribution < 1.29 is 14.3 Å². The van der Waals surface area contributed by atoms with Gasteiger partial charge in [-0.05, 0) is 31.1 Å². The summed E-state index contributed by atoms with van der Waals surface area (Å²) in [5, 5.41) is 2.80. The molecule has 1 saturated carbocycles. The van der Waals surface area contributed by atoms with E-state index >= 15 is 0 Å². The molecule has 0 spiro atoms. The Morgan fingerprint density at radius 3 is 2.68 bits per heavy atom. The first kappa shape index (κ1) is 14.3. The average molecular weight is 268 g/mol. The molecule has 5 nitrogen and oxygen atoms in total. The number of ether oxygens (including phenoxy) is 1. The molecule has 1 aliphatic heterocycles. The van der Waals surface area contributed by atoms with Crippen LogP contribution in [0.5, 0.6) is 0 Å². The van der Waals surface area contributed by atoms with Gasteiger partial charge >= 0.3 is 0 Å². The van der Waals surface area contributed by atoms with Crippen molar-refractivity contribution in [1.29, 1.82) is 0 Å². The topological polar surface area (TPSA) is 58.6 Å². The average Bonchev–Trinajstić information content (AvgIpc) is 3.16. The zero-order valence-electron chi connectivity index (χ0n) is 11.9. The van der Waals surface area contributed by atoms with Crippen molar-refractivity contribution in [3.05, 3.63) is 0 Å². The number of hydrogen-bond donors (Lipinski definition) is 1. The Labute approximate surface area is 114 Å². The van der Waals surface area contributed by atoms with Crippen LogP contribution >= 0.6 is 0 Å². The summed E-state index contributed by atoms with van der Waals surface area (Å²) in [5.74, 6) is 1.01. The van der Waals surface area contributed by atoms with Crippen molar-refractivity contribution in [2.24, 2.45) is 11.8 Å². The van der Waals surface area contributed by atoms with Crippen LogP contribution in [0.25, 0.3) is 0 Å². The molecule has 108 valence electrons. The van der Waals surface area contributed by atoms with Crippen molar-refractivity contribution >= 4 is 11.8 Å². The molecule has 2 aliphatic rings. The molecule has 2 rings (SSSR count). The van der Waals surface area contributed by atoms with Crippen LogP contribution in [0.4, 0.5) is 0 Å². The van der Waals surface area contributed by atoms with Gasteiger partial charge in [-0.1, -0.05) is 13.8 Å². The number of rotatable bonds is 7. The zero-order chi connectivity index (χ0) is 13.8. The maximum atomic E-state index is 12.2. The summed E-state index contributed by atoms with van der Waals surface area (Å²) in [7, 11) is 0. The van der Waals surface area contributed by atoms with E-state index in [1.165, 1.54) is 0 Å². The van der Waals surface area contributed by atoms with Gasteiger partial charge in [-0.15, -0.1) is 0 Å². The fraction of sp³-hybridized carbons (Fsp3) is 0.857. The van der Waals surface area contributed by atoms with Crippen molar-refractivity contribution in [3.63, 3.8) is 0 Å². The monoisotopic (exact) mass is 268 g/mol. The van der Waals surface area contributed by atoms with Crippen LogP contribution in [-0.2, 0) is 14.3 Å². The van der Waals surface area contributed by atoms with Crippen LogP contribution in [0.3, 0.4) is 0 Å². The molecule has 0 aromatic heterocycles. The van der Waals surface area contributed by atoms with Crippen LogP contribution in [0.15, 0.2) is 0 Å². The first-order valence-electron chi connectivity index (χ1n) is 7.24. The molecule has 1 heterocycles. The minimum atomic E-state index is -0.281. The van der Waals surface area contributed by atoms with Crippen LogP contribution in [0, 0.1) is 11.8 Å². The van der Waals surface area contributed by atoms with Gasteiger partial charge in [-0.3, -0.25) is 9.59 Å². The Hall–Kier alpha value is -1.10. The SMILES string of the molecule is CC(C)CCOCCN1CC(=O)NC(C2CC2)C1=O. The largest absolute Gasteiger partial charge is 0.380 e. The number of hydrogen-bond acceptors (Lipinski definition) is 3. The van der Waals surface area contributed by atoms with Crippen molar-refractivity contribution in [3.8, 4) is 0 Å². The second kappa shape index (κ2) is 6.37. The number of carbonyl (C=O) groups is 2. The summed E-state index contributed by atoms with van der Waals surface area (Å²) in [5.41, 5.74) is 0. The lowest BCUT2D eigenvalue weighted by atomic mass is 10.1. The Morgan fingerprint density at radius 2 is 2.05 bits per heavy atom. The van der Waals surface area contributed by atoms with E-state index in [9.17, 15) is 9.59 Å². The minimum Gasteiger partial charge on any atom is -0.380 e. The fourth-order valence-electron chi connectivity index (χ4n) is 2.26. The molecule has 1 unspecified atom stereocenters. The standard InChI is InChI=1S/C14H24N2O3/c1-10(2)5-7-19-8-6-16-9-12(17)15-13(14(16)18)11-3-4-11/h10-11,13H,3-9H2,1-2H3,(H,15,17). The Morgan fingerprint density at radius 1 is 1.32 bits per heavy atom. The van der Waals surface area contributed by atoms with E-state index in [0.29, 0.717) is 25.0 Å². The number of piperazine rings is 1. The summed E-state index contributed by atoms with van der Waals surface area (Å²) in [6.07, 6.45) is 3.13. The molecule has 0 aromatic rings. The van der Waals surface area contributed by atoms with Gasteiger partial charge in [-0.25, -0.2) is 0 Å². The van der Waals surface area contributed by atoms with Gasteiger partial charge in [-0.2, -0.15) is 0 Å². The van der Waals surface area contributed by atoms with E-state index in [2.05, 4.69) is 19.2 Å². The molecule has 0 radical (unpaired) electrons. The van der Waals surface area contributed by atoms with E-state index in [0.717, 1.165) is 25.9 Å². The molecule has 1 atom stereocenters. The second-order valence-electron chi connectivity index (χ2n) is 5.94.